The number of ether oxygens (including phenoxy) is 1. The molecule has 0 radical (unpaired) electrons. The predicted octanol–water partition coefficient (Wildman–Crippen LogP) is 2.64. The highest BCUT2D eigenvalue weighted by atomic mass is 16.5. The van der Waals surface area contributed by atoms with Gasteiger partial charge in [0.05, 0.1) is 18.9 Å². The van der Waals surface area contributed by atoms with Gasteiger partial charge < -0.3 is 14.5 Å². The molecule has 0 aliphatic carbocycles. The van der Waals surface area contributed by atoms with E-state index in [4.69, 9.17) is 24.7 Å². The van der Waals surface area contributed by atoms with Crippen molar-refractivity contribution in [1.29, 1.82) is 0 Å². The van der Waals surface area contributed by atoms with Gasteiger partial charge in [0.25, 0.3) is 0 Å². The van der Waals surface area contributed by atoms with E-state index in [0.717, 1.165) is 49.3 Å². The van der Waals surface area contributed by atoms with Crippen molar-refractivity contribution in [1.82, 2.24) is 29.7 Å². The number of hydrogen-bond donors (Lipinski definition) is 0. The first kappa shape index (κ1) is 19.9. The average Bonchev–Trinajstić information content (AvgIpc) is 3.08. The van der Waals surface area contributed by atoms with Crippen LogP contribution in [0.4, 0.5) is 11.9 Å². The fraction of sp³-hybridized carbons (Fsp3) is 0.500. The van der Waals surface area contributed by atoms with Crippen molar-refractivity contribution in [3.8, 4) is 17.3 Å². The molecule has 0 spiro atoms. The van der Waals surface area contributed by atoms with Crippen LogP contribution in [0.2, 0.25) is 0 Å². The molecule has 0 amide bonds. The maximum Gasteiger partial charge on any atom is 0.230 e. The van der Waals surface area contributed by atoms with Crippen LogP contribution in [0.15, 0.2) is 30.5 Å². The lowest BCUT2D eigenvalue weighted by atomic mass is 10.2. The first-order valence-electron chi connectivity index (χ1n) is 11.1. The number of aromatic nitrogens is 6. The number of aryl methyl sites for hydroxylation is 1. The SMILES string of the molecule is Cc1ccn(-c2cccc(-c3nc(N4CCCCCC4)nc(N4CCOCC4)n3)n2)n1. The second kappa shape index (κ2) is 8.97. The predicted molar refractivity (Wildman–Crippen MR) is 119 cm³/mol. The van der Waals surface area contributed by atoms with Crippen LogP contribution in [-0.4, -0.2) is 69.1 Å². The van der Waals surface area contributed by atoms with Crippen molar-refractivity contribution in [3.63, 3.8) is 0 Å². The summed E-state index contributed by atoms with van der Waals surface area (Å²) in [4.78, 5) is 23.8. The fourth-order valence-electron chi connectivity index (χ4n) is 4.00. The van der Waals surface area contributed by atoms with Gasteiger partial charge in [0.2, 0.25) is 11.9 Å². The summed E-state index contributed by atoms with van der Waals surface area (Å²) in [7, 11) is 0. The Hall–Kier alpha value is -3.07. The molecule has 5 rings (SSSR count). The van der Waals surface area contributed by atoms with E-state index in [9.17, 15) is 0 Å². The van der Waals surface area contributed by atoms with E-state index in [-0.39, 0.29) is 0 Å². The lowest BCUT2D eigenvalue weighted by molar-refractivity contribution is 0.122. The Morgan fingerprint density at radius 2 is 1.48 bits per heavy atom. The first-order valence-corrected chi connectivity index (χ1v) is 11.1. The van der Waals surface area contributed by atoms with Gasteiger partial charge in [0.1, 0.15) is 5.69 Å². The molecular formula is C22H28N8O. The Morgan fingerprint density at radius 1 is 0.774 bits per heavy atom. The van der Waals surface area contributed by atoms with Crippen molar-refractivity contribution < 1.29 is 4.74 Å². The molecule has 0 atom stereocenters. The van der Waals surface area contributed by atoms with E-state index < -0.39 is 0 Å². The summed E-state index contributed by atoms with van der Waals surface area (Å²) in [5.74, 6) is 2.79. The second-order valence-corrected chi connectivity index (χ2v) is 8.04. The Balaban J connectivity index is 1.54. The smallest absolute Gasteiger partial charge is 0.230 e. The molecule has 0 aromatic carbocycles. The van der Waals surface area contributed by atoms with E-state index in [1.165, 1.54) is 25.7 Å². The molecule has 2 aliphatic rings. The summed E-state index contributed by atoms with van der Waals surface area (Å²) in [5.41, 5.74) is 1.67. The molecular weight excluding hydrogens is 392 g/mol. The van der Waals surface area contributed by atoms with Crippen molar-refractivity contribution in [2.45, 2.75) is 32.6 Å². The van der Waals surface area contributed by atoms with E-state index in [1.807, 2.05) is 37.4 Å². The van der Waals surface area contributed by atoms with E-state index >= 15 is 0 Å². The van der Waals surface area contributed by atoms with Crippen LogP contribution in [0.3, 0.4) is 0 Å². The Kier molecular flexibility index (Phi) is 5.75. The maximum atomic E-state index is 5.52. The molecule has 9 nitrogen and oxygen atoms in total. The van der Waals surface area contributed by atoms with Crippen LogP contribution < -0.4 is 9.80 Å². The molecule has 2 saturated heterocycles. The summed E-state index contributed by atoms with van der Waals surface area (Å²) in [6, 6.07) is 7.82. The quantitative estimate of drug-likeness (QED) is 0.637. The highest BCUT2D eigenvalue weighted by Gasteiger charge is 2.21. The molecule has 5 heterocycles. The van der Waals surface area contributed by atoms with E-state index in [0.29, 0.717) is 25.0 Å². The fourth-order valence-corrected chi connectivity index (χ4v) is 4.00. The Labute approximate surface area is 182 Å². The van der Waals surface area contributed by atoms with E-state index in [2.05, 4.69) is 14.9 Å². The third-order valence-electron chi connectivity index (χ3n) is 5.72. The third kappa shape index (κ3) is 4.51. The zero-order valence-corrected chi connectivity index (χ0v) is 17.9. The highest BCUT2D eigenvalue weighted by Crippen LogP contribution is 2.23. The van der Waals surface area contributed by atoms with Crippen molar-refractivity contribution >= 4 is 11.9 Å². The summed E-state index contributed by atoms with van der Waals surface area (Å²) < 4.78 is 7.30. The summed E-state index contributed by atoms with van der Waals surface area (Å²) in [6.07, 6.45) is 6.77. The zero-order chi connectivity index (χ0) is 21.0. The van der Waals surface area contributed by atoms with Crippen molar-refractivity contribution in [3.05, 3.63) is 36.2 Å². The minimum atomic E-state index is 0.599. The van der Waals surface area contributed by atoms with Crippen LogP contribution in [-0.2, 0) is 4.74 Å². The Morgan fingerprint density at radius 3 is 2.16 bits per heavy atom. The van der Waals surface area contributed by atoms with Gasteiger partial charge in [-0.2, -0.15) is 20.1 Å². The molecule has 2 aliphatic heterocycles. The van der Waals surface area contributed by atoms with Gasteiger partial charge in [0.15, 0.2) is 11.6 Å². The first-order chi connectivity index (χ1) is 15.3. The normalized spacial score (nSPS) is 17.6. The van der Waals surface area contributed by atoms with Gasteiger partial charge in [-0.25, -0.2) is 9.67 Å². The lowest BCUT2D eigenvalue weighted by Crippen LogP contribution is -2.38. The molecule has 9 heteroatoms. The zero-order valence-electron chi connectivity index (χ0n) is 17.9. The average molecular weight is 421 g/mol. The minimum absolute atomic E-state index is 0.599. The molecule has 2 fully saturated rings. The Bertz CT molecular complexity index is 1020. The molecule has 0 unspecified atom stereocenters. The van der Waals surface area contributed by atoms with Crippen LogP contribution in [0, 0.1) is 6.92 Å². The van der Waals surface area contributed by atoms with Gasteiger partial charge in [0, 0.05) is 32.4 Å². The van der Waals surface area contributed by atoms with Gasteiger partial charge in [-0.15, -0.1) is 0 Å². The number of pyridine rings is 1. The van der Waals surface area contributed by atoms with Crippen molar-refractivity contribution in [2.24, 2.45) is 0 Å². The van der Waals surface area contributed by atoms with Crippen LogP contribution in [0.25, 0.3) is 17.3 Å². The molecule has 31 heavy (non-hydrogen) atoms. The van der Waals surface area contributed by atoms with Crippen LogP contribution >= 0.6 is 0 Å². The second-order valence-electron chi connectivity index (χ2n) is 8.04. The van der Waals surface area contributed by atoms with Crippen molar-refractivity contribution in [2.75, 3.05) is 49.2 Å². The van der Waals surface area contributed by atoms with Gasteiger partial charge in [-0.1, -0.05) is 18.9 Å². The standard InChI is InChI=1S/C22H28N8O/c1-17-9-12-30(27-17)19-8-6-7-18(23-19)20-24-21(28-10-4-2-3-5-11-28)26-22(25-20)29-13-15-31-16-14-29/h6-9,12H,2-5,10-11,13-16H2,1H3. The molecule has 162 valence electrons. The molecule has 0 bridgehead atoms. The number of hydrogen-bond acceptors (Lipinski definition) is 8. The van der Waals surface area contributed by atoms with Gasteiger partial charge in [-0.3, -0.25) is 0 Å². The monoisotopic (exact) mass is 420 g/mol. The summed E-state index contributed by atoms with van der Waals surface area (Å²) in [5, 5.41) is 4.48. The molecule has 0 N–H and O–H groups in total. The maximum absolute atomic E-state index is 5.52. The molecule has 0 saturated carbocycles. The largest absolute Gasteiger partial charge is 0.378 e. The third-order valence-corrected chi connectivity index (χ3v) is 5.72. The molecule has 3 aromatic rings. The van der Waals surface area contributed by atoms with Gasteiger partial charge >= 0.3 is 0 Å². The minimum Gasteiger partial charge on any atom is -0.378 e. The van der Waals surface area contributed by atoms with Crippen LogP contribution in [0.1, 0.15) is 31.4 Å². The van der Waals surface area contributed by atoms with Crippen LogP contribution in [0.5, 0.6) is 0 Å². The summed E-state index contributed by atoms with van der Waals surface area (Å²) >= 11 is 0. The van der Waals surface area contributed by atoms with Gasteiger partial charge in [-0.05, 0) is 38.0 Å². The molecule has 3 aromatic heterocycles. The topological polar surface area (TPSA) is 85.1 Å². The number of rotatable bonds is 4. The summed E-state index contributed by atoms with van der Waals surface area (Å²) in [6.45, 7) is 6.86. The number of morpholine rings is 1. The number of anilines is 2. The lowest BCUT2D eigenvalue weighted by Gasteiger charge is -2.28. The van der Waals surface area contributed by atoms with E-state index in [1.54, 1.807) is 4.68 Å². The highest BCUT2D eigenvalue weighted by molar-refractivity contribution is 5.56. The number of nitrogens with zero attached hydrogens (tertiary/aromatic N) is 8.